The van der Waals surface area contributed by atoms with Gasteiger partial charge in [0, 0.05) is 6.54 Å². The molecule has 0 aliphatic rings. The van der Waals surface area contributed by atoms with Crippen LogP contribution in [0.2, 0.25) is 0 Å². The molecule has 0 aromatic heterocycles. The van der Waals surface area contributed by atoms with Crippen molar-refractivity contribution in [2.24, 2.45) is 5.73 Å². The standard InChI is InChI=1S/C10H15NO.2CH4/c1-8-3-5-10(6-4-8)12-9(2)7-11;;/h3-6,9H,7,11H2,1-2H3;2*1H4. The lowest BCUT2D eigenvalue weighted by molar-refractivity contribution is 0.230. The zero-order chi connectivity index (χ0) is 8.97. The first-order valence-electron chi connectivity index (χ1n) is 4.16. The third-order valence-corrected chi connectivity index (χ3v) is 1.69. The zero-order valence-corrected chi connectivity index (χ0v) is 7.58. The van der Waals surface area contributed by atoms with E-state index in [1.165, 1.54) is 5.56 Å². The van der Waals surface area contributed by atoms with Gasteiger partial charge < -0.3 is 10.5 Å². The maximum Gasteiger partial charge on any atom is 0.119 e. The Balaban J connectivity index is 0. The summed E-state index contributed by atoms with van der Waals surface area (Å²) in [5, 5.41) is 0. The number of hydrogen-bond donors (Lipinski definition) is 1. The maximum absolute atomic E-state index is 5.49. The number of ether oxygens (including phenoxy) is 1. The highest BCUT2D eigenvalue weighted by Crippen LogP contribution is 2.12. The van der Waals surface area contributed by atoms with Crippen LogP contribution in [0.1, 0.15) is 27.3 Å². The van der Waals surface area contributed by atoms with E-state index in [4.69, 9.17) is 10.5 Å². The van der Waals surface area contributed by atoms with E-state index in [2.05, 4.69) is 6.92 Å². The highest BCUT2D eigenvalue weighted by Gasteiger charge is 1.99. The molecule has 2 N–H and O–H groups in total. The predicted octanol–water partition coefficient (Wildman–Crippen LogP) is 2.99. The molecule has 0 fully saturated rings. The lowest BCUT2D eigenvalue weighted by atomic mass is 10.2. The van der Waals surface area contributed by atoms with E-state index in [1.54, 1.807) is 0 Å². The molecule has 0 amide bonds. The Kier molecular flexibility index (Phi) is 8.16. The third kappa shape index (κ3) is 4.87. The normalized spacial score (nSPS) is 10.8. The molecule has 1 aromatic rings. The minimum atomic E-state index is 0. The van der Waals surface area contributed by atoms with Crippen LogP contribution in [0.15, 0.2) is 24.3 Å². The molecular formula is C12H23NO. The van der Waals surface area contributed by atoms with Crippen molar-refractivity contribution in [1.29, 1.82) is 0 Å². The Morgan fingerprint density at radius 2 is 1.71 bits per heavy atom. The molecule has 1 rings (SSSR count). The molecular weight excluding hydrogens is 174 g/mol. The topological polar surface area (TPSA) is 35.2 Å². The van der Waals surface area contributed by atoms with Gasteiger partial charge in [-0.1, -0.05) is 32.5 Å². The van der Waals surface area contributed by atoms with E-state index in [0.29, 0.717) is 6.54 Å². The quantitative estimate of drug-likeness (QED) is 0.808. The summed E-state index contributed by atoms with van der Waals surface area (Å²) in [5.41, 5.74) is 6.66. The van der Waals surface area contributed by atoms with E-state index in [9.17, 15) is 0 Å². The fraction of sp³-hybridized carbons (Fsp3) is 0.500. The first-order chi connectivity index (χ1) is 5.72. The van der Waals surface area contributed by atoms with Gasteiger partial charge in [-0.25, -0.2) is 0 Å². The Morgan fingerprint density at radius 3 is 2.14 bits per heavy atom. The van der Waals surface area contributed by atoms with Crippen molar-refractivity contribution in [2.75, 3.05) is 6.54 Å². The van der Waals surface area contributed by atoms with Crippen LogP contribution in [0, 0.1) is 6.92 Å². The highest BCUT2D eigenvalue weighted by molar-refractivity contribution is 5.26. The van der Waals surface area contributed by atoms with Crippen molar-refractivity contribution in [1.82, 2.24) is 0 Å². The van der Waals surface area contributed by atoms with Gasteiger partial charge in [-0.15, -0.1) is 0 Å². The van der Waals surface area contributed by atoms with E-state index in [0.717, 1.165) is 5.75 Å². The van der Waals surface area contributed by atoms with Crippen LogP contribution in [0.25, 0.3) is 0 Å². The second kappa shape index (κ2) is 7.39. The number of hydrogen-bond acceptors (Lipinski definition) is 2. The van der Waals surface area contributed by atoms with E-state index in [1.807, 2.05) is 31.2 Å². The molecule has 0 heterocycles. The number of nitrogens with two attached hydrogens (primary N) is 1. The van der Waals surface area contributed by atoms with Crippen molar-refractivity contribution in [3.8, 4) is 5.75 Å². The number of rotatable bonds is 3. The van der Waals surface area contributed by atoms with Crippen LogP contribution in [0.4, 0.5) is 0 Å². The molecule has 0 saturated carbocycles. The third-order valence-electron chi connectivity index (χ3n) is 1.69. The van der Waals surface area contributed by atoms with Crippen LogP contribution in [0.5, 0.6) is 5.75 Å². The number of benzene rings is 1. The molecule has 1 atom stereocenters. The molecule has 2 nitrogen and oxygen atoms in total. The van der Waals surface area contributed by atoms with Gasteiger partial charge in [-0.2, -0.15) is 0 Å². The lowest BCUT2D eigenvalue weighted by Crippen LogP contribution is -2.22. The fourth-order valence-corrected chi connectivity index (χ4v) is 0.897. The molecule has 0 spiro atoms. The molecule has 2 heteroatoms. The van der Waals surface area contributed by atoms with E-state index < -0.39 is 0 Å². The van der Waals surface area contributed by atoms with Gasteiger partial charge in [0.1, 0.15) is 11.9 Å². The van der Waals surface area contributed by atoms with E-state index in [-0.39, 0.29) is 21.0 Å². The van der Waals surface area contributed by atoms with Gasteiger partial charge in [0.05, 0.1) is 0 Å². The molecule has 14 heavy (non-hydrogen) atoms. The maximum atomic E-state index is 5.49. The average Bonchev–Trinajstić information content (AvgIpc) is 2.09. The Hall–Kier alpha value is -1.02. The zero-order valence-electron chi connectivity index (χ0n) is 7.58. The SMILES string of the molecule is C.C.Cc1ccc(OC(C)CN)cc1. The summed E-state index contributed by atoms with van der Waals surface area (Å²) in [4.78, 5) is 0. The van der Waals surface area contributed by atoms with Crippen molar-refractivity contribution >= 4 is 0 Å². The van der Waals surface area contributed by atoms with Gasteiger partial charge >= 0.3 is 0 Å². The minimum absolute atomic E-state index is 0. The van der Waals surface area contributed by atoms with Crippen molar-refractivity contribution in [3.05, 3.63) is 29.8 Å². The lowest BCUT2D eigenvalue weighted by Gasteiger charge is -2.11. The highest BCUT2D eigenvalue weighted by atomic mass is 16.5. The van der Waals surface area contributed by atoms with Gasteiger partial charge in [-0.05, 0) is 26.0 Å². The van der Waals surface area contributed by atoms with Crippen molar-refractivity contribution in [2.45, 2.75) is 34.8 Å². The van der Waals surface area contributed by atoms with Crippen LogP contribution in [0.3, 0.4) is 0 Å². The first kappa shape index (κ1) is 15.5. The molecule has 0 bridgehead atoms. The second-order valence-corrected chi connectivity index (χ2v) is 2.98. The Morgan fingerprint density at radius 1 is 1.21 bits per heavy atom. The van der Waals surface area contributed by atoms with Gasteiger partial charge in [0.25, 0.3) is 0 Å². The summed E-state index contributed by atoms with van der Waals surface area (Å²) in [6.45, 7) is 4.56. The Bertz CT molecular complexity index is 231. The molecule has 0 aliphatic carbocycles. The molecule has 82 valence electrons. The summed E-state index contributed by atoms with van der Waals surface area (Å²) in [7, 11) is 0. The number of aryl methyl sites for hydroxylation is 1. The average molecular weight is 197 g/mol. The van der Waals surface area contributed by atoms with Gasteiger partial charge in [0.15, 0.2) is 0 Å². The van der Waals surface area contributed by atoms with Crippen LogP contribution < -0.4 is 10.5 Å². The second-order valence-electron chi connectivity index (χ2n) is 2.98. The van der Waals surface area contributed by atoms with Crippen LogP contribution in [-0.4, -0.2) is 12.6 Å². The molecule has 0 radical (unpaired) electrons. The molecule has 0 aliphatic heterocycles. The molecule has 1 unspecified atom stereocenters. The largest absolute Gasteiger partial charge is 0.489 e. The van der Waals surface area contributed by atoms with E-state index >= 15 is 0 Å². The van der Waals surface area contributed by atoms with Crippen molar-refractivity contribution in [3.63, 3.8) is 0 Å². The Labute approximate surface area is 88.1 Å². The smallest absolute Gasteiger partial charge is 0.119 e. The summed E-state index contributed by atoms with van der Waals surface area (Å²) >= 11 is 0. The summed E-state index contributed by atoms with van der Waals surface area (Å²) in [6, 6.07) is 7.97. The van der Waals surface area contributed by atoms with Gasteiger partial charge in [-0.3, -0.25) is 0 Å². The molecule has 0 saturated heterocycles. The first-order valence-corrected chi connectivity index (χ1v) is 4.16. The predicted molar refractivity (Wildman–Crippen MR) is 63.8 cm³/mol. The van der Waals surface area contributed by atoms with Crippen LogP contribution in [-0.2, 0) is 0 Å². The summed E-state index contributed by atoms with van der Waals surface area (Å²) in [6.07, 6.45) is 0.0905. The fourth-order valence-electron chi connectivity index (χ4n) is 0.897. The summed E-state index contributed by atoms with van der Waals surface area (Å²) < 4.78 is 5.49. The van der Waals surface area contributed by atoms with Gasteiger partial charge in [0.2, 0.25) is 0 Å². The molecule has 1 aromatic carbocycles. The minimum Gasteiger partial charge on any atom is -0.489 e. The van der Waals surface area contributed by atoms with Crippen molar-refractivity contribution < 1.29 is 4.74 Å². The summed E-state index contributed by atoms with van der Waals surface area (Å²) in [5.74, 6) is 0.888. The van der Waals surface area contributed by atoms with Crippen LogP contribution >= 0.6 is 0 Å². The monoisotopic (exact) mass is 197 g/mol.